The lowest BCUT2D eigenvalue weighted by Gasteiger charge is -2.28. The molecule has 0 aliphatic carbocycles. The van der Waals surface area contributed by atoms with E-state index in [1.54, 1.807) is 7.11 Å². The van der Waals surface area contributed by atoms with Crippen molar-refractivity contribution in [3.8, 4) is 0 Å². The van der Waals surface area contributed by atoms with Gasteiger partial charge in [-0.05, 0) is 30.5 Å². The van der Waals surface area contributed by atoms with Gasteiger partial charge in [-0.2, -0.15) is 0 Å². The summed E-state index contributed by atoms with van der Waals surface area (Å²) in [6.45, 7) is 12.6. The normalized spacial score (nSPS) is 15.4. The van der Waals surface area contributed by atoms with Gasteiger partial charge in [-0.25, -0.2) is 0 Å². The fraction of sp³-hybridized carbons (Fsp3) is 0.917. The average molecular weight is 246 g/mol. The third kappa shape index (κ3) is 7.01. The maximum Gasteiger partial charge on any atom is 0.166 e. The van der Waals surface area contributed by atoms with Crippen molar-refractivity contribution >= 4 is 17.3 Å². The Labute approximate surface area is 105 Å². The van der Waals surface area contributed by atoms with E-state index in [4.69, 9.17) is 17.0 Å². The molecular formula is C12H26N2OS. The maximum absolute atomic E-state index is 5.21. The molecule has 0 aromatic carbocycles. The van der Waals surface area contributed by atoms with Crippen LogP contribution in [0.15, 0.2) is 0 Å². The van der Waals surface area contributed by atoms with Crippen LogP contribution in [0, 0.1) is 11.3 Å². The minimum Gasteiger partial charge on any atom is -0.383 e. The van der Waals surface area contributed by atoms with Gasteiger partial charge in [0, 0.05) is 19.7 Å². The number of nitrogens with one attached hydrogen (secondary N) is 2. The van der Waals surface area contributed by atoms with Gasteiger partial charge in [-0.3, -0.25) is 0 Å². The van der Waals surface area contributed by atoms with Crippen LogP contribution >= 0.6 is 12.2 Å². The molecular weight excluding hydrogens is 220 g/mol. The summed E-state index contributed by atoms with van der Waals surface area (Å²) in [5, 5.41) is 7.13. The summed E-state index contributed by atoms with van der Waals surface area (Å²) in [4.78, 5) is 0. The zero-order valence-electron chi connectivity index (χ0n) is 11.4. The molecule has 4 heteroatoms. The Kier molecular flexibility index (Phi) is 6.91. The van der Waals surface area contributed by atoms with Gasteiger partial charge >= 0.3 is 0 Å². The van der Waals surface area contributed by atoms with E-state index < -0.39 is 0 Å². The van der Waals surface area contributed by atoms with E-state index >= 15 is 0 Å². The van der Waals surface area contributed by atoms with Crippen molar-refractivity contribution in [3.63, 3.8) is 0 Å². The Morgan fingerprint density at radius 2 is 1.88 bits per heavy atom. The summed E-state index contributed by atoms with van der Waals surface area (Å²) >= 11 is 5.21. The minimum absolute atomic E-state index is 0.245. The monoisotopic (exact) mass is 246 g/mol. The van der Waals surface area contributed by atoms with Crippen LogP contribution in [0.5, 0.6) is 0 Å². The number of methoxy groups -OCH3 is 1. The number of rotatable bonds is 5. The number of thiocarbonyl (C=S) groups is 1. The molecule has 0 radical (unpaired) electrons. The molecule has 0 bridgehead atoms. The number of hydrogen-bond acceptors (Lipinski definition) is 2. The zero-order chi connectivity index (χ0) is 12.8. The van der Waals surface area contributed by atoms with Crippen molar-refractivity contribution < 1.29 is 4.74 Å². The number of ether oxygens (including phenoxy) is 1. The first-order chi connectivity index (χ1) is 7.27. The zero-order valence-corrected chi connectivity index (χ0v) is 12.2. The molecule has 0 aromatic rings. The van der Waals surface area contributed by atoms with Crippen molar-refractivity contribution in [1.82, 2.24) is 10.6 Å². The molecule has 0 saturated heterocycles. The molecule has 2 atom stereocenters. The van der Waals surface area contributed by atoms with Crippen molar-refractivity contribution in [2.75, 3.05) is 20.3 Å². The predicted molar refractivity (Wildman–Crippen MR) is 73.7 cm³/mol. The molecule has 0 amide bonds. The average Bonchev–Trinajstić information content (AvgIpc) is 2.12. The fourth-order valence-electron chi connectivity index (χ4n) is 1.12. The van der Waals surface area contributed by atoms with Crippen LogP contribution in [0.4, 0.5) is 0 Å². The van der Waals surface area contributed by atoms with E-state index in [1.807, 2.05) is 6.92 Å². The predicted octanol–water partition coefficient (Wildman–Crippen LogP) is 2.17. The molecule has 0 aromatic heterocycles. The summed E-state index contributed by atoms with van der Waals surface area (Å²) in [5.74, 6) is 0.574. The third-order valence-electron chi connectivity index (χ3n) is 2.84. The summed E-state index contributed by atoms with van der Waals surface area (Å²) in [6.07, 6.45) is 0. The molecule has 0 heterocycles. The van der Waals surface area contributed by atoms with E-state index in [1.165, 1.54) is 0 Å². The van der Waals surface area contributed by atoms with Crippen LogP contribution in [0.2, 0.25) is 0 Å². The van der Waals surface area contributed by atoms with Crippen LogP contribution < -0.4 is 10.6 Å². The molecule has 0 aliphatic heterocycles. The van der Waals surface area contributed by atoms with Gasteiger partial charge in [0.2, 0.25) is 0 Å². The van der Waals surface area contributed by atoms with Crippen LogP contribution in [-0.4, -0.2) is 31.4 Å². The second-order valence-corrected chi connectivity index (χ2v) is 5.89. The molecule has 2 unspecified atom stereocenters. The molecule has 0 rings (SSSR count). The first-order valence-corrected chi connectivity index (χ1v) is 6.21. The first-order valence-electron chi connectivity index (χ1n) is 5.80. The van der Waals surface area contributed by atoms with Crippen LogP contribution in [-0.2, 0) is 4.74 Å². The van der Waals surface area contributed by atoms with E-state index in [0.717, 1.165) is 6.54 Å². The Hall–Kier alpha value is -0.350. The Morgan fingerprint density at radius 3 is 2.31 bits per heavy atom. The lowest BCUT2D eigenvalue weighted by Crippen LogP contribution is -2.44. The highest BCUT2D eigenvalue weighted by Crippen LogP contribution is 2.24. The van der Waals surface area contributed by atoms with Crippen LogP contribution in [0.25, 0.3) is 0 Å². The van der Waals surface area contributed by atoms with Gasteiger partial charge in [-0.15, -0.1) is 0 Å². The third-order valence-corrected chi connectivity index (χ3v) is 3.10. The Bertz CT molecular complexity index is 214. The van der Waals surface area contributed by atoms with E-state index in [9.17, 15) is 0 Å². The van der Waals surface area contributed by atoms with Crippen molar-refractivity contribution in [2.24, 2.45) is 11.3 Å². The van der Waals surface area contributed by atoms with Gasteiger partial charge in [0.25, 0.3) is 0 Å². The van der Waals surface area contributed by atoms with E-state index in [2.05, 4.69) is 38.3 Å². The summed E-state index contributed by atoms with van der Waals surface area (Å²) < 4.78 is 5.03. The highest BCUT2D eigenvalue weighted by atomic mass is 32.1. The van der Waals surface area contributed by atoms with E-state index in [-0.39, 0.29) is 6.04 Å². The molecule has 0 fully saturated rings. The lowest BCUT2D eigenvalue weighted by molar-refractivity contribution is 0.179. The SMILES string of the molecule is COCC(C)NC(=S)NCC(C)C(C)(C)C. The molecule has 96 valence electrons. The highest BCUT2D eigenvalue weighted by Gasteiger charge is 2.19. The largest absolute Gasteiger partial charge is 0.383 e. The van der Waals surface area contributed by atoms with Gasteiger partial charge in [0.15, 0.2) is 5.11 Å². The van der Waals surface area contributed by atoms with E-state index in [0.29, 0.717) is 23.1 Å². The summed E-state index contributed by atoms with van der Waals surface area (Å²) in [7, 11) is 1.69. The molecule has 3 nitrogen and oxygen atoms in total. The molecule has 2 N–H and O–H groups in total. The van der Waals surface area contributed by atoms with Crippen molar-refractivity contribution in [2.45, 2.75) is 40.7 Å². The van der Waals surface area contributed by atoms with Crippen LogP contribution in [0.1, 0.15) is 34.6 Å². The standard InChI is InChI=1S/C12H26N2OS/c1-9(12(3,4)5)7-13-11(16)14-10(2)8-15-6/h9-10H,7-8H2,1-6H3,(H2,13,14,16). The van der Waals surface area contributed by atoms with Crippen molar-refractivity contribution in [3.05, 3.63) is 0 Å². The lowest BCUT2D eigenvalue weighted by atomic mass is 9.82. The first kappa shape index (κ1) is 15.7. The quantitative estimate of drug-likeness (QED) is 0.729. The molecule has 0 spiro atoms. The van der Waals surface area contributed by atoms with Gasteiger partial charge in [-0.1, -0.05) is 27.7 Å². The number of hydrogen-bond donors (Lipinski definition) is 2. The second kappa shape index (κ2) is 7.07. The molecule has 16 heavy (non-hydrogen) atoms. The maximum atomic E-state index is 5.21. The fourth-order valence-corrected chi connectivity index (χ4v) is 1.40. The van der Waals surface area contributed by atoms with Gasteiger partial charge in [0.1, 0.15) is 0 Å². The van der Waals surface area contributed by atoms with Crippen LogP contribution in [0.3, 0.4) is 0 Å². The Balaban J connectivity index is 3.82. The smallest absolute Gasteiger partial charge is 0.166 e. The second-order valence-electron chi connectivity index (χ2n) is 5.48. The Morgan fingerprint density at radius 1 is 1.31 bits per heavy atom. The summed E-state index contributed by atoms with van der Waals surface area (Å²) in [6, 6.07) is 0.245. The van der Waals surface area contributed by atoms with Crippen molar-refractivity contribution in [1.29, 1.82) is 0 Å². The summed E-state index contributed by atoms with van der Waals surface area (Å²) in [5.41, 5.74) is 0.306. The highest BCUT2D eigenvalue weighted by molar-refractivity contribution is 7.80. The van der Waals surface area contributed by atoms with Gasteiger partial charge < -0.3 is 15.4 Å². The molecule has 0 aliphatic rings. The minimum atomic E-state index is 0.245. The topological polar surface area (TPSA) is 33.3 Å². The van der Waals surface area contributed by atoms with Gasteiger partial charge in [0.05, 0.1) is 6.61 Å². The molecule has 0 saturated carbocycles.